The van der Waals surface area contributed by atoms with Gasteiger partial charge in [0.15, 0.2) is 0 Å². The molecule has 3 aromatic rings. The highest BCUT2D eigenvalue weighted by atomic mass is 35.5. The fraction of sp³-hybridized carbons (Fsp3) is 0.382. The number of amidine groups is 1. The maximum absolute atomic E-state index is 14.8. The third-order valence-electron chi connectivity index (χ3n) is 7.59. The van der Waals surface area contributed by atoms with Crippen molar-refractivity contribution in [2.24, 2.45) is 10.7 Å². The summed E-state index contributed by atoms with van der Waals surface area (Å²) in [5, 5.41) is 1.18. The first-order valence-electron chi connectivity index (χ1n) is 14.8. The summed E-state index contributed by atoms with van der Waals surface area (Å²) < 4.78 is 11.8. The molecule has 10 heteroatoms. The quantitative estimate of drug-likeness (QED) is 0.221. The number of nitrogens with two attached hydrogens (primary N) is 1. The van der Waals surface area contributed by atoms with E-state index in [9.17, 15) is 9.59 Å². The van der Waals surface area contributed by atoms with E-state index >= 15 is 0 Å². The summed E-state index contributed by atoms with van der Waals surface area (Å²) in [5.41, 5.74) is 6.89. The lowest BCUT2D eigenvalue weighted by molar-refractivity contribution is -0.118. The topological polar surface area (TPSA) is 97.5 Å². The molecule has 1 aliphatic heterocycles. The normalized spacial score (nSPS) is 17.9. The number of benzene rings is 3. The predicted molar refractivity (Wildman–Crippen MR) is 176 cm³/mol. The van der Waals surface area contributed by atoms with Crippen molar-refractivity contribution in [3.8, 4) is 11.5 Å². The zero-order chi connectivity index (χ0) is 32.0. The number of rotatable bonds is 12. The van der Waals surface area contributed by atoms with Gasteiger partial charge in [0.25, 0.3) is 0 Å². The number of hydrogen-bond acceptors (Lipinski definition) is 5. The minimum Gasteiger partial charge on any atom is -0.497 e. The second-order valence-electron chi connectivity index (χ2n) is 11.3. The van der Waals surface area contributed by atoms with Crippen LogP contribution in [0.25, 0.3) is 0 Å². The van der Waals surface area contributed by atoms with Crippen molar-refractivity contribution in [1.29, 1.82) is 0 Å². The highest BCUT2D eigenvalue weighted by molar-refractivity contribution is 6.30. The summed E-state index contributed by atoms with van der Waals surface area (Å²) in [5.74, 6) is 1.22. The molecule has 2 atom stereocenters. The molecule has 0 bridgehead atoms. The predicted octanol–water partition coefficient (Wildman–Crippen LogP) is 7.61. The van der Waals surface area contributed by atoms with E-state index < -0.39 is 17.5 Å². The highest BCUT2D eigenvalue weighted by Crippen LogP contribution is 2.50. The number of carbonyl (C=O) groups is 2. The maximum atomic E-state index is 14.8. The number of nitrogens with zero attached hydrogens (tertiary/aromatic N) is 3. The zero-order valence-corrected chi connectivity index (χ0v) is 27.4. The van der Waals surface area contributed by atoms with Gasteiger partial charge in [-0.2, -0.15) is 0 Å². The van der Waals surface area contributed by atoms with Crippen LogP contribution in [0.3, 0.4) is 0 Å². The lowest BCUT2D eigenvalue weighted by Crippen LogP contribution is -2.49. The van der Waals surface area contributed by atoms with Crippen LogP contribution in [0.4, 0.5) is 4.79 Å². The molecular weight excluding hydrogens is 599 g/mol. The number of aliphatic imine (C=N–C) groups is 1. The molecule has 0 aliphatic carbocycles. The minimum absolute atomic E-state index is 0.146. The van der Waals surface area contributed by atoms with E-state index in [0.717, 1.165) is 17.5 Å². The number of halogens is 2. The number of amides is 3. The van der Waals surface area contributed by atoms with Gasteiger partial charge >= 0.3 is 6.03 Å². The molecule has 0 spiro atoms. The Hall–Kier alpha value is -3.75. The molecule has 4 rings (SSSR count). The molecule has 2 N–H and O–H groups in total. The number of urea groups is 1. The number of carbonyl (C=O) groups excluding carboxylic acids is 2. The molecule has 0 unspecified atom stereocenters. The second-order valence-corrected chi connectivity index (χ2v) is 12.2. The van der Waals surface area contributed by atoms with Crippen molar-refractivity contribution >= 4 is 41.0 Å². The van der Waals surface area contributed by atoms with Crippen LogP contribution in [0.5, 0.6) is 11.5 Å². The third-order valence-corrected chi connectivity index (χ3v) is 8.09. The van der Waals surface area contributed by atoms with Crippen LogP contribution in [-0.2, 0) is 10.3 Å². The van der Waals surface area contributed by atoms with E-state index in [1.54, 1.807) is 16.9 Å². The Bertz CT molecular complexity index is 1490. The Labute approximate surface area is 269 Å². The van der Waals surface area contributed by atoms with E-state index in [0.29, 0.717) is 52.5 Å². The lowest BCUT2D eigenvalue weighted by atomic mass is 9.81. The van der Waals surface area contributed by atoms with Gasteiger partial charge in [-0.15, -0.1) is 0 Å². The average molecular weight is 640 g/mol. The molecule has 0 saturated heterocycles. The van der Waals surface area contributed by atoms with E-state index in [-0.39, 0.29) is 18.6 Å². The number of hydrogen-bond donors (Lipinski definition) is 1. The van der Waals surface area contributed by atoms with Crippen molar-refractivity contribution in [1.82, 2.24) is 9.80 Å². The Balaban J connectivity index is 1.98. The van der Waals surface area contributed by atoms with E-state index in [4.69, 9.17) is 43.4 Å². The van der Waals surface area contributed by atoms with E-state index in [2.05, 4.69) is 0 Å². The smallest absolute Gasteiger partial charge is 0.326 e. The van der Waals surface area contributed by atoms with Gasteiger partial charge in [-0.05, 0) is 81.1 Å². The van der Waals surface area contributed by atoms with Crippen LogP contribution in [-0.4, -0.2) is 53.9 Å². The van der Waals surface area contributed by atoms with Gasteiger partial charge in [-0.25, -0.2) is 4.79 Å². The van der Waals surface area contributed by atoms with Crippen molar-refractivity contribution < 1.29 is 19.1 Å². The van der Waals surface area contributed by atoms with Gasteiger partial charge in [0, 0.05) is 35.6 Å². The molecule has 1 heterocycles. The Morgan fingerprint density at radius 1 is 1.02 bits per heavy atom. The van der Waals surface area contributed by atoms with Crippen molar-refractivity contribution in [2.45, 2.75) is 64.6 Å². The number of primary amides is 1. The maximum Gasteiger partial charge on any atom is 0.326 e. The largest absolute Gasteiger partial charge is 0.497 e. The van der Waals surface area contributed by atoms with Crippen LogP contribution < -0.4 is 15.2 Å². The summed E-state index contributed by atoms with van der Waals surface area (Å²) in [6, 6.07) is 19.7. The van der Waals surface area contributed by atoms with Gasteiger partial charge in [0.05, 0.1) is 24.8 Å². The van der Waals surface area contributed by atoms with Gasteiger partial charge in [0.1, 0.15) is 22.9 Å². The molecule has 44 heavy (non-hydrogen) atoms. The zero-order valence-electron chi connectivity index (χ0n) is 25.8. The monoisotopic (exact) mass is 638 g/mol. The van der Waals surface area contributed by atoms with Crippen LogP contribution in [0.15, 0.2) is 71.7 Å². The van der Waals surface area contributed by atoms with Gasteiger partial charge in [-0.1, -0.05) is 54.4 Å². The highest BCUT2D eigenvalue weighted by Gasteiger charge is 2.51. The van der Waals surface area contributed by atoms with Crippen molar-refractivity contribution in [3.05, 3.63) is 93.5 Å². The third kappa shape index (κ3) is 7.30. The molecule has 0 aromatic heterocycles. The first-order valence-corrected chi connectivity index (χ1v) is 15.6. The van der Waals surface area contributed by atoms with Crippen LogP contribution in [0.2, 0.25) is 10.0 Å². The van der Waals surface area contributed by atoms with Crippen LogP contribution >= 0.6 is 23.2 Å². The molecule has 0 saturated carbocycles. The molecular formula is C34H40Cl2N4O4. The molecule has 0 fully saturated rings. The second kappa shape index (κ2) is 14.4. The fourth-order valence-electron chi connectivity index (χ4n) is 5.56. The molecule has 1 aliphatic rings. The summed E-state index contributed by atoms with van der Waals surface area (Å²) in [6.07, 6.45) is 1.22. The fourth-order valence-corrected chi connectivity index (χ4v) is 5.82. The van der Waals surface area contributed by atoms with E-state index in [1.807, 2.05) is 94.4 Å². The van der Waals surface area contributed by atoms with E-state index in [1.165, 1.54) is 0 Å². The summed E-state index contributed by atoms with van der Waals surface area (Å²) in [6.45, 7) is 8.77. The van der Waals surface area contributed by atoms with Gasteiger partial charge in [-0.3, -0.25) is 14.7 Å². The molecule has 234 valence electrons. The minimum atomic E-state index is -0.927. The van der Waals surface area contributed by atoms with Crippen molar-refractivity contribution in [3.63, 3.8) is 0 Å². The number of ether oxygens (including phenoxy) is 2. The molecule has 8 nitrogen and oxygen atoms in total. The SMILES string of the molecule is CCCN(CCCC(N)=O)C(=O)N1C(c2ccc(OC)cc2OC(C)C)=N[C@@](C)(c2ccc(Cl)cc2)[C@H]1c1ccc(Cl)cc1. The van der Waals surface area contributed by atoms with Crippen molar-refractivity contribution in [2.75, 3.05) is 20.2 Å². The summed E-state index contributed by atoms with van der Waals surface area (Å²) in [7, 11) is 1.60. The van der Waals surface area contributed by atoms with Gasteiger partial charge < -0.3 is 20.1 Å². The number of methoxy groups -OCH3 is 1. The Morgan fingerprint density at radius 2 is 1.66 bits per heavy atom. The average Bonchev–Trinajstić information content (AvgIpc) is 3.30. The molecule has 0 radical (unpaired) electrons. The van der Waals surface area contributed by atoms with Gasteiger partial charge in [0.2, 0.25) is 5.91 Å². The lowest BCUT2D eigenvalue weighted by Gasteiger charge is -2.38. The first-order chi connectivity index (χ1) is 21.0. The Morgan fingerprint density at radius 3 is 2.23 bits per heavy atom. The standard InChI is InChI=1S/C34H40Cl2N4O4/c1-6-19-39(20-7-8-30(37)41)33(42)40-31(23-9-13-25(35)14-10-23)34(4,24-11-15-26(36)16-12-24)38-32(40)28-18-17-27(43-5)21-29(28)44-22(2)3/h9-18,21-22,31H,6-8,19-20H2,1-5H3,(H2,37,41)/t31-,34+/m1/s1. The summed E-state index contributed by atoms with van der Waals surface area (Å²) >= 11 is 12.6. The van der Waals surface area contributed by atoms with Crippen LogP contribution in [0, 0.1) is 0 Å². The summed E-state index contributed by atoms with van der Waals surface area (Å²) in [4.78, 5) is 35.3. The molecule has 3 amide bonds. The molecule has 3 aromatic carbocycles. The first kappa shape index (κ1) is 33.1. The Kier molecular flexibility index (Phi) is 10.8. The van der Waals surface area contributed by atoms with Crippen LogP contribution in [0.1, 0.15) is 69.7 Å².